The molecule has 122 valence electrons. The fraction of sp³-hybridized carbons (Fsp3) is 0.684. The van der Waals surface area contributed by atoms with Crippen LogP contribution in [0.15, 0.2) is 18.2 Å². The Labute approximate surface area is 135 Å². The highest BCUT2D eigenvalue weighted by molar-refractivity contribution is 5.63. The first-order valence-electron chi connectivity index (χ1n) is 8.85. The number of anilines is 1. The molecule has 0 saturated carbocycles. The molecule has 0 radical (unpaired) electrons. The lowest BCUT2D eigenvalue weighted by atomic mass is 9.88. The Balaban J connectivity index is 1.74. The normalized spacial score (nSPS) is 25.6. The summed E-state index contributed by atoms with van der Waals surface area (Å²) in [6, 6.07) is 7.04. The first kappa shape index (κ1) is 15.7. The van der Waals surface area contributed by atoms with Crippen LogP contribution in [-0.4, -0.2) is 36.2 Å². The molecule has 0 bridgehead atoms. The lowest BCUT2D eigenvalue weighted by Crippen LogP contribution is -2.56. The van der Waals surface area contributed by atoms with Crippen LogP contribution in [0.4, 0.5) is 5.69 Å². The first-order chi connectivity index (χ1) is 10.6. The number of ether oxygens (including phenoxy) is 1. The van der Waals surface area contributed by atoms with Gasteiger partial charge in [0.25, 0.3) is 0 Å². The monoisotopic (exact) mass is 302 g/mol. The summed E-state index contributed by atoms with van der Waals surface area (Å²) in [6.07, 6.45) is 6.24. The number of para-hydroxylation sites is 1. The quantitative estimate of drug-likeness (QED) is 0.907. The maximum absolute atomic E-state index is 6.32. The van der Waals surface area contributed by atoms with Gasteiger partial charge in [-0.05, 0) is 64.6 Å². The molecule has 22 heavy (non-hydrogen) atoms. The van der Waals surface area contributed by atoms with Crippen LogP contribution in [0.3, 0.4) is 0 Å². The lowest BCUT2D eigenvalue weighted by molar-refractivity contribution is -0.00127. The van der Waals surface area contributed by atoms with E-state index in [0.717, 1.165) is 25.3 Å². The van der Waals surface area contributed by atoms with Gasteiger partial charge in [0.2, 0.25) is 0 Å². The van der Waals surface area contributed by atoms with Crippen molar-refractivity contribution in [2.45, 2.75) is 64.5 Å². The van der Waals surface area contributed by atoms with E-state index in [1.165, 1.54) is 43.5 Å². The molecule has 3 nitrogen and oxygen atoms in total. The minimum absolute atomic E-state index is 0.157. The van der Waals surface area contributed by atoms with E-state index in [0.29, 0.717) is 6.04 Å². The topological polar surface area (TPSA) is 24.5 Å². The van der Waals surface area contributed by atoms with Gasteiger partial charge in [0.1, 0.15) is 12.4 Å². The Morgan fingerprint density at radius 2 is 2.14 bits per heavy atom. The van der Waals surface area contributed by atoms with Crippen molar-refractivity contribution in [3.05, 3.63) is 23.8 Å². The highest BCUT2D eigenvalue weighted by Gasteiger charge is 2.36. The summed E-state index contributed by atoms with van der Waals surface area (Å²) in [6.45, 7) is 10.0. The molecule has 0 spiro atoms. The lowest BCUT2D eigenvalue weighted by Gasteiger charge is -2.47. The molecule has 1 N–H and O–H groups in total. The van der Waals surface area contributed by atoms with Crippen LogP contribution in [0.2, 0.25) is 0 Å². The van der Waals surface area contributed by atoms with Gasteiger partial charge < -0.3 is 10.1 Å². The van der Waals surface area contributed by atoms with Crippen molar-refractivity contribution in [1.82, 2.24) is 4.90 Å². The van der Waals surface area contributed by atoms with Crippen LogP contribution in [0.5, 0.6) is 5.75 Å². The van der Waals surface area contributed by atoms with Gasteiger partial charge in [-0.15, -0.1) is 0 Å². The largest absolute Gasteiger partial charge is 0.489 e. The van der Waals surface area contributed by atoms with Crippen molar-refractivity contribution in [1.29, 1.82) is 0 Å². The molecule has 1 atom stereocenters. The molecular weight excluding hydrogens is 272 g/mol. The van der Waals surface area contributed by atoms with Gasteiger partial charge in [0, 0.05) is 12.6 Å². The number of benzene rings is 1. The van der Waals surface area contributed by atoms with Crippen molar-refractivity contribution in [2.24, 2.45) is 0 Å². The van der Waals surface area contributed by atoms with Gasteiger partial charge >= 0.3 is 0 Å². The van der Waals surface area contributed by atoms with E-state index < -0.39 is 0 Å². The molecule has 2 heterocycles. The third-order valence-electron chi connectivity index (χ3n) is 5.26. The van der Waals surface area contributed by atoms with E-state index in [4.69, 9.17) is 4.74 Å². The van der Waals surface area contributed by atoms with Crippen LogP contribution >= 0.6 is 0 Å². The number of likely N-dealkylation sites (tertiary alicyclic amines) is 1. The van der Waals surface area contributed by atoms with Gasteiger partial charge in [0.15, 0.2) is 0 Å². The summed E-state index contributed by atoms with van der Waals surface area (Å²) in [5.41, 5.74) is 2.78. The zero-order chi connectivity index (χ0) is 15.6. The molecule has 2 aliphatic heterocycles. The SMILES string of the molecule is CC(C)N1CCCCC1(C)COc1cccc2c1NCCC2. The fourth-order valence-corrected chi connectivity index (χ4v) is 4.07. The number of nitrogens with zero attached hydrogens (tertiary/aromatic N) is 1. The highest BCUT2D eigenvalue weighted by Crippen LogP contribution is 2.35. The number of piperidine rings is 1. The minimum atomic E-state index is 0.157. The summed E-state index contributed by atoms with van der Waals surface area (Å²) in [5, 5.41) is 3.53. The Bertz CT molecular complexity index is 514. The zero-order valence-corrected chi connectivity index (χ0v) is 14.3. The number of hydrogen-bond donors (Lipinski definition) is 1. The predicted octanol–water partition coefficient (Wildman–Crippen LogP) is 4.08. The Morgan fingerprint density at radius 3 is 2.95 bits per heavy atom. The predicted molar refractivity (Wildman–Crippen MR) is 92.8 cm³/mol. The summed E-state index contributed by atoms with van der Waals surface area (Å²) < 4.78 is 6.32. The Kier molecular flexibility index (Phi) is 4.62. The van der Waals surface area contributed by atoms with E-state index in [9.17, 15) is 0 Å². The van der Waals surface area contributed by atoms with E-state index in [2.05, 4.69) is 49.2 Å². The van der Waals surface area contributed by atoms with Crippen LogP contribution in [0.1, 0.15) is 52.0 Å². The third kappa shape index (κ3) is 3.10. The molecule has 0 amide bonds. The van der Waals surface area contributed by atoms with Gasteiger partial charge in [-0.2, -0.15) is 0 Å². The van der Waals surface area contributed by atoms with E-state index in [-0.39, 0.29) is 5.54 Å². The molecule has 1 unspecified atom stereocenters. The number of aryl methyl sites for hydroxylation is 1. The van der Waals surface area contributed by atoms with Crippen LogP contribution in [-0.2, 0) is 6.42 Å². The van der Waals surface area contributed by atoms with Crippen LogP contribution < -0.4 is 10.1 Å². The summed E-state index contributed by atoms with van der Waals surface area (Å²) in [5.74, 6) is 1.03. The molecule has 1 saturated heterocycles. The highest BCUT2D eigenvalue weighted by atomic mass is 16.5. The average Bonchev–Trinajstić information content (AvgIpc) is 2.53. The van der Waals surface area contributed by atoms with E-state index in [1.54, 1.807) is 0 Å². The standard InChI is InChI=1S/C19H30N2O/c1-15(2)21-13-5-4-11-19(21,3)14-22-17-10-6-8-16-9-7-12-20-18(16)17/h6,8,10,15,20H,4-5,7,9,11-14H2,1-3H3. The van der Waals surface area contributed by atoms with Crippen LogP contribution in [0.25, 0.3) is 0 Å². The van der Waals surface area contributed by atoms with Crippen molar-refractivity contribution in [3.63, 3.8) is 0 Å². The summed E-state index contributed by atoms with van der Waals surface area (Å²) in [4.78, 5) is 2.62. The summed E-state index contributed by atoms with van der Waals surface area (Å²) in [7, 11) is 0. The molecule has 1 aromatic carbocycles. The molecule has 2 aliphatic rings. The summed E-state index contributed by atoms with van der Waals surface area (Å²) >= 11 is 0. The number of fused-ring (bicyclic) bond motifs is 1. The van der Waals surface area contributed by atoms with Crippen molar-refractivity contribution >= 4 is 5.69 Å². The van der Waals surface area contributed by atoms with E-state index >= 15 is 0 Å². The smallest absolute Gasteiger partial charge is 0.142 e. The molecule has 1 aromatic rings. The average molecular weight is 302 g/mol. The molecule has 1 fully saturated rings. The van der Waals surface area contributed by atoms with Crippen molar-refractivity contribution < 1.29 is 4.74 Å². The second kappa shape index (κ2) is 6.49. The van der Waals surface area contributed by atoms with Crippen molar-refractivity contribution in [3.8, 4) is 5.75 Å². The number of hydrogen-bond acceptors (Lipinski definition) is 3. The molecule has 0 aromatic heterocycles. The maximum atomic E-state index is 6.32. The fourth-order valence-electron chi connectivity index (χ4n) is 4.07. The third-order valence-corrected chi connectivity index (χ3v) is 5.26. The molecule has 0 aliphatic carbocycles. The second-order valence-corrected chi connectivity index (χ2v) is 7.35. The molecule has 3 rings (SSSR count). The Morgan fingerprint density at radius 1 is 1.27 bits per heavy atom. The van der Waals surface area contributed by atoms with Gasteiger partial charge in [-0.3, -0.25) is 4.90 Å². The minimum Gasteiger partial charge on any atom is -0.489 e. The second-order valence-electron chi connectivity index (χ2n) is 7.35. The Hall–Kier alpha value is -1.22. The molecule has 3 heteroatoms. The van der Waals surface area contributed by atoms with E-state index in [1.807, 2.05) is 0 Å². The van der Waals surface area contributed by atoms with Crippen molar-refractivity contribution in [2.75, 3.05) is 25.0 Å². The van der Waals surface area contributed by atoms with Gasteiger partial charge in [-0.1, -0.05) is 18.6 Å². The van der Waals surface area contributed by atoms with Gasteiger partial charge in [0.05, 0.1) is 11.2 Å². The van der Waals surface area contributed by atoms with Gasteiger partial charge in [-0.25, -0.2) is 0 Å². The molecular formula is C19H30N2O. The maximum Gasteiger partial charge on any atom is 0.142 e. The first-order valence-corrected chi connectivity index (χ1v) is 8.85. The van der Waals surface area contributed by atoms with Crippen LogP contribution in [0, 0.1) is 0 Å². The number of rotatable bonds is 4. The number of nitrogens with one attached hydrogen (secondary N) is 1. The zero-order valence-electron chi connectivity index (χ0n) is 14.3.